The Morgan fingerprint density at radius 1 is 0.492 bits per heavy atom. The van der Waals surface area contributed by atoms with Crippen molar-refractivity contribution in [3.8, 4) is 17.2 Å². The number of methoxy groups -OCH3 is 8. The molecule has 0 aliphatic carbocycles. The zero-order valence-electron chi connectivity index (χ0n) is 74.1. The van der Waals surface area contributed by atoms with E-state index in [9.17, 15) is 67.9 Å². The molecule has 676 valence electrons. The standard InChI is InChI=1S/C20H24N4O3.C13H21NO.C10H11N3O2.C9H12ClNO.C9H10N2O4.C9H12N2O2.C8H6FNO4.C7H4FNO4.CH5N/c1-12-10-21-16(13(2)18(12)26-5)11-23(3)20-22-15-9-14(19(25)27-6)7-8-17(15)24(20)4;1-9-8-14-11(7-13(3,4)5)10(2)12(9)15-6;1-13-8-4-3-6(9(14)15-2)5-7(8)12-10(13)11;1-6-5-11-8(4-10)7(2)9(6)12-3;1-10-7-4-3-6(9(12)15-2)5-8(7)11(13)14;1-11-8-4-3-6(5-7(8)10)9(12)13-2;1-14-8(11)5-2-3-6(9)7(4-5)10(12)13;8-5-2-1-4(7(10)11)3-6(5)9(12)13;1-2/h7-10H,11H2,1-6H3;8H,7H2,1-6H3;3-5H,1-2H3,(H2,11,12);5H,4H2,1-3H3;3-5,10H,1-2H3;3-5,11H,10H2,1-2H3;2-4H,1H3;1-3H,(H,10,11);2H2,1H3. The molecule has 6 aromatic carbocycles. The first kappa shape index (κ1) is 105. The number of nitrogens with one attached hydrogen (secondary N) is 2. The molecule has 40 heteroatoms. The number of halogens is 3. The lowest BCUT2D eigenvalue weighted by Crippen LogP contribution is -2.21. The highest BCUT2D eigenvalue weighted by atomic mass is 35.5. The molecule has 0 aliphatic heterocycles. The molecule has 5 heterocycles. The van der Waals surface area contributed by atoms with E-state index in [0.717, 1.165) is 134 Å². The van der Waals surface area contributed by atoms with E-state index in [1.54, 1.807) is 94.7 Å². The zero-order valence-corrected chi connectivity index (χ0v) is 74.9. The topological polar surface area (TPSA) is 506 Å². The number of nitrogens with two attached hydrogens (primary N) is 3. The average Bonchev–Trinajstić information content (AvgIpc) is 1.53. The van der Waals surface area contributed by atoms with Crippen LogP contribution in [-0.2, 0) is 56.6 Å². The second kappa shape index (κ2) is 50.0. The summed E-state index contributed by atoms with van der Waals surface area (Å²) in [5, 5.41) is 45.1. The van der Waals surface area contributed by atoms with Crippen LogP contribution in [-0.4, -0.2) is 175 Å². The molecular formula is C86H105ClF2N16O21. The number of nitro groups is 3. The summed E-state index contributed by atoms with van der Waals surface area (Å²) in [5.41, 5.74) is 29.9. The minimum Gasteiger partial charge on any atom is -0.496 e. The maximum atomic E-state index is 12.8. The third-order valence-corrected chi connectivity index (χ3v) is 18.3. The molecular weight excluding hydrogens is 1670 g/mol. The number of pyridine rings is 3. The Morgan fingerprint density at radius 3 is 1.21 bits per heavy atom. The highest BCUT2D eigenvalue weighted by Gasteiger charge is 2.24. The summed E-state index contributed by atoms with van der Waals surface area (Å²) >= 11 is 5.70. The van der Waals surface area contributed by atoms with Crippen molar-refractivity contribution in [2.75, 3.05) is 112 Å². The van der Waals surface area contributed by atoms with Gasteiger partial charge in [-0.25, -0.2) is 38.7 Å². The number of nitrogens with zero attached hydrogens (tertiary/aromatic N) is 11. The number of nitro benzene ring substituents is 3. The van der Waals surface area contributed by atoms with Crippen molar-refractivity contribution in [2.45, 2.75) is 81.2 Å². The molecule has 11 aromatic rings. The quantitative estimate of drug-likeness (QED) is 0.0109. The Hall–Kier alpha value is -14.8. The predicted octanol–water partition coefficient (Wildman–Crippen LogP) is 14.7. The van der Waals surface area contributed by atoms with Crippen LogP contribution in [0.5, 0.6) is 17.2 Å². The van der Waals surface area contributed by atoms with E-state index < -0.39 is 55.7 Å². The minimum absolute atomic E-state index is 0.0550. The van der Waals surface area contributed by atoms with Crippen LogP contribution in [0.3, 0.4) is 0 Å². The van der Waals surface area contributed by atoms with Crippen LogP contribution < -0.4 is 46.9 Å². The minimum atomic E-state index is -1.33. The molecule has 0 saturated carbocycles. The molecule has 5 aromatic heterocycles. The number of imidazole rings is 2. The van der Waals surface area contributed by atoms with E-state index >= 15 is 0 Å². The number of esters is 5. The maximum Gasteiger partial charge on any atom is 0.338 e. The van der Waals surface area contributed by atoms with Gasteiger partial charge >= 0.3 is 47.2 Å². The van der Waals surface area contributed by atoms with E-state index in [1.807, 2.05) is 83.7 Å². The molecule has 0 saturated heterocycles. The number of carbonyl (C=O) groups excluding carboxylic acids is 5. The van der Waals surface area contributed by atoms with Crippen molar-refractivity contribution in [3.05, 3.63) is 254 Å². The zero-order chi connectivity index (χ0) is 95.5. The Balaban J connectivity index is 0.000000376. The largest absolute Gasteiger partial charge is 0.496 e. The number of nitrogen functional groups attached to an aromatic ring is 2. The van der Waals surface area contributed by atoms with Gasteiger partial charge in [0.15, 0.2) is 0 Å². The van der Waals surface area contributed by atoms with Gasteiger partial charge in [0.05, 0.1) is 162 Å². The van der Waals surface area contributed by atoms with Crippen molar-refractivity contribution in [1.29, 1.82) is 0 Å². The number of hydrogen-bond acceptors (Lipinski definition) is 31. The summed E-state index contributed by atoms with van der Waals surface area (Å²) in [7, 11) is 22.0. The molecule has 0 radical (unpaired) electrons. The molecule has 11 rings (SSSR count). The number of aromatic nitrogens is 7. The van der Waals surface area contributed by atoms with Crippen LogP contribution in [0.15, 0.2) is 128 Å². The van der Waals surface area contributed by atoms with E-state index in [0.29, 0.717) is 58.0 Å². The molecule has 0 aliphatic rings. The van der Waals surface area contributed by atoms with Gasteiger partial charge in [0.2, 0.25) is 23.5 Å². The van der Waals surface area contributed by atoms with Crippen molar-refractivity contribution < 1.29 is 95.3 Å². The lowest BCUT2D eigenvalue weighted by molar-refractivity contribution is -0.387. The maximum absolute atomic E-state index is 12.8. The van der Waals surface area contributed by atoms with Crippen molar-refractivity contribution >= 4 is 116 Å². The molecule has 0 bridgehead atoms. The second-order valence-electron chi connectivity index (χ2n) is 27.7. The third kappa shape index (κ3) is 29.2. The molecule has 0 spiro atoms. The van der Waals surface area contributed by atoms with Crippen LogP contribution in [0.4, 0.5) is 54.8 Å². The number of rotatable bonds is 19. The second-order valence-corrected chi connectivity index (χ2v) is 27.9. The molecule has 37 nitrogen and oxygen atoms in total. The summed E-state index contributed by atoms with van der Waals surface area (Å²) in [4.78, 5) is 119. The summed E-state index contributed by atoms with van der Waals surface area (Å²) in [5.74, 6) is -1.46. The summed E-state index contributed by atoms with van der Waals surface area (Å²) in [6.07, 6.45) is 6.48. The molecule has 9 N–H and O–H groups in total. The number of aromatic carboxylic acids is 1. The van der Waals surface area contributed by atoms with Crippen LogP contribution in [0, 0.1) is 88.9 Å². The van der Waals surface area contributed by atoms with Crippen LogP contribution in [0.1, 0.15) is 133 Å². The van der Waals surface area contributed by atoms with Crippen LogP contribution >= 0.6 is 11.6 Å². The first-order valence-corrected chi connectivity index (χ1v) is 38.0. The fourth-order valence-corrected chi connectivity index (χ4v) is 11.8. The molecule has 0 fully saturated rings. The first-order valence-electron chi connectivity index (χ1n) is 37.5. The highest BCUT2D eigenvalue weighted by molar-refractivity contribution is 6.17. The predicted molar refractivity (Wildman–Crippen MR) is 474 cm³/mol. The third-order valence-electron chi connectivity index (χ3n) is 18.0. The van der Waals surface area contributed by atoms with Gasteiger partial charge in [0.1, 0.15) is 22.9 Å². The average molecular weight is 1770 g/mol. The molecule has 0 unspecified atom stereocenters. The lowest BCUT2D eigenvalue weighted by Gasteiger charge is -2.20. The van der Waals surface area contributed by atoms with Crippen molar-refractivity contribution in [1.82, 2.24) is 34.1 Å². The number of carboxylic acid groups (broad SMARTS) is 1. The number of fused-ring (bicyclic) bond motifs is 2. The van der Waals surface area contributed by atoms with Crippen LogP contribution in [0.2, 0.25) is 0 Å². The Labute approximate surface area is 730 Å². The number of aryl methyl sites for hydroxylation is 5. The number of alkyl halides is 1. The van der Waals surface area contributed by atoms with Gasteiger partial charge < -0.3 is 84.9 Å². The van der Waals surface area contributed by atoms with Gasteiger partial charge in [0, 0.05) is 111 Å². The van der Waals surface area contributed by atoms with E-state index in [-0.39, 0.29) is 45.7 Å². The number of hydrogen-bond donors (Lipinski definition) is 6. The number of anilines is 5. The monoisotopic (exact) mass is 1770 g/mol. The van der Waals surface area contributed by atoms with Gasteiger partial charge in [-0.05, 0) is 151 Å². The Kier molecular flexibility index (Phi) is 41.8. The van der Waals surface area contributed by atoms with E-state index in [1.165, 1.54) is 59.2 Å². The normalized spacial score (nSPS) is 10.1. The van der Waals surface area contributed by atoms with Gasteiger partial charge in [-0.1, -0.05) is 20.8 Å². The number of carbonyl (C=O) groups is 6. The van der Waals surface area contributed by atoms with E-state index in [2.05, 4.69) is 82.9 Å². The lowest BCUT2D eigenvalue weighted by atomic mass is 9.88. The number of ether oxygens (including phenoxy) is 8. The smallest absolute Gasteiger partial charge is 0.338 e. The van der Waals surface area contributed by atoms with Gasteiger partial charge in [-0.2, -0.15) is 8.78 Å². The van der Waals surface area contributed by atoms with Gasteiger partial charge in [-0.3, -0.25) is 45.3 Å². The SMILES string of the molecule is CN.CNc1ccc(C(=O)OC)cc1N.CNc1ccc(C(=O)OC)cc1[N+](=O)[O-].COC(=O)c1ccc(F)c([N+](=O)[O-])c1.COC(=O)c1ccc2c(c1)nc(N(C)Cc1ncc(C)c(OC)c1C)n2C.COC(=O)c1ccc2c(c1)nc(N)n2C.COc1c(C)cnc(CC(C)(C)C)c1C.COc1c(C)cnc(CCl)c1C.O=C(O)c1ccc(F)c([N+](=O)[O-])c1. The highest BCUT2D eigenvalue weighted by Crippen LogP contribution is 2.32. The van der Waals surface area contributed by atoms with Crippen LogP contribution in [0.25, 0.3) is 22.1 Å². The van der Waals surface area contributed by atoms with Gasteiger partial charge in [-0.15, -0.1) is 11.6 Å². The Bertz CT molecular complexity index is 5690. The summed E-state index contributed by atoms with van der Waals surface area (Å²) < 4.78 is 68.1. The fourth-order valence-electron chi connectivity index (χ4n) is 11.6. The number of carboxylic acids is 1. The molecule has 126 heavy (non-hydrogen) atoms. The van der Waals surface area contributed by atoms with Crippen molar-refractivity contribution in [2.24, 2.45) is 25.2 Å². The summed E-state index contributed by atoms with van der Waals surface area (Å²) in [6.45, 7) is 19.3. The fraction of sp³-hybridized carbons (Fsp3) is 0.314. The first-order chi connectivity index (χ1) is 59.4. The van der Waals surface area contributed by atoms with Gasteiger partial charge in [0.25, 0.3) is 5.69 Å². The van der Waals surface area contributed by atoms with E-state index in [4.69, 9.17) is 52.1 Å². The summed E-state index contributed by atoms with van der Waals surface area (Å²) in [6, 6.07) is 24.8. The van der Waals surface area contributed by atoms with Crippen molar-refractivity contribution in [3.63, 3.8) is 0 Å². The number of benzene rings is 6. The Morgan fingerprint density at radius 2 is 0.825 bits per heavy atom. The molecule has 0 atom stereocenters. The molecule has 0 amide bonds.